The molecule has 6 heteroatoms. The summed E-state index contributed by atoms with van der Waals surface area (Å²) in [6.45, 7) is 2.04. The number of anilines is 1. The lowest BCUT2D eigenvalue weighted by molar-refractivity contribution is 0.350. The van der Waals surface area contributed by atoms with Gasteiger partial charge in [-0.2, -0.15) is 0 Å². The van der Waals surface area contributed by atoms with Crippen LogP contribution in [0, 0.1) is 17.8 Å². The second-order valence-electron chi connectivity index (χ2n) is 4.54. The van der Waals surface area contributed by atoms with E-state index in [2.05, 4.69) is 11.8 Å². The van der Waals surface area contributed by atoms with Crippen LogP contribution >= 0.6 is 11.6 Å². The Hall–Kier alpha value is -1.22. The van der Waals surface area contributed by atoms with Crippen molar-refractivity contribution in [3.8, 4) is 11.8 Å². The highest BCUT2D eigenvalue weighted by molar-refractivity contribution is 7.93. The van der Waals surface area contributed by atoms with Gasteiger partial charge in [-0.15, -0.1) is 0 Å². The number of halogens is 1. The van der Waals surface area contributed by atoms with Crippen molar-refractivity contribution in [2.45, 2.75) is 6.92 Å². The number of hydrogen-bond donors (Lipinski definition) is 1. The summed E-state index contributed by atoms with van der Waals surface area (Å²) in [4.78, 5) is 0. The summed E-state index contributed by atoms with van der Waals surface area (Å²) < 4.78 is 25.5. The van der Waals surface area contributed by atoms with E-state index >= 15 is 0 Å². The number of hydrogen-bond acceptors (Lipinski definition) is 3. The van der Waals surface area contributed by atoms with E-state index in [1.54, 1.807) is 18.2 Å². The lowest BCUT2D eigenvalue weighted by atomic mass is 10.1. The number of benzene rings is 1. The Balaban J connectivity index is 2.52. The molecule has 0 radical (unpaired) electrons. The maximum Gasteiger partial charge on any atom is 0.235 e. The third kappa shape index (κ3) is 3.03. The first-order valence-corrected chi connectivity index (χ1v) is 7.82. The Bertz CT molecular complexity index is 646. The summed E-state index contributed by atoms with van der Waals surface area (Å²) in [5.74, 6) is 5.49. The molecule has 0 aliphatic carbocycles. The summed E-state index contributed by atoms with van der Waals surface area (Å²) >= 11 is 5.94. The van der Waals surface area contributed by atoms with E-state index in [9.17, 15) is 8.42 Å². The molecule has 1 aliphatic rings. The molecule has 2 rings (SSSR count). The van der Waals surface area contributed by atoms with E-state index in [0.717, 1.165) is 0 Å². The van der Waals surface area contributed by atoms with Gasteiger partial charge in [0.25, 0.3) is 0 Å². The largest absolute Gasteiger partial charge is 0.384 e. The summed E-state index contributed by atoms with van der Waals surface area (Å²) in [5, 5.41) is 9.21. The molecule has 1 aliphatic heterocycles. The van der Waals surface area contributed by atoms with Crippen molar-refractivity contribution in [2.24, 2.45) is 5.92 Å². The van der Waals surface area contributed by atoms with Gasteiger partial charge in [0, 0.05) is 17.1 Å². The molecule has 0 saturated carbocycles. The van der Waals surface area contributed by atoms with Gasteiger partial charge in [-0.3, -0.25) is 4.31 Å². The molecule has 0 aromatic heterocycles. The minimum atomic E-state index is -3.31. The van der Waals surface area contributed by atoms with Crippen LogP contribution < -0.4 is 4.31 Å². The topological polar surface area (TPSA) is 57.6 Å². The molecule has 1 heterocycles. The van der Waals surface area contributed by atoms with Crippen LogP contribution in [-0.4, -0.2) is 32.4 Å². The zero-order chi connectivity index (χ0) is 14.0. The fraction of sp³-hybridized carbons (Fsp3) is 0.385. The first-order valence-electron chi connectivity index (χ1n) is 5.84. The van der Waals surface area contributed by atoms with Crippen molar-refractivity contribution in [2.75, 3.05) is 23.2 Å². The van der Waals surface area contributed by atoms with Gasteiger partial charge in [0.2, 0.25) is 10.0 Å². The summed E-state index contributed by atoms with van der Waals surface area (Å²) in [5.41, 5.74) is 1.04. The molecule has 0 amide bonds. The lowest BCUT2D eigenvalue weighted by Crippen LogP contribution is -2.26. The number of nitrogens with zero attached hydrogens (tertiary/aromatic N) is 1. The molecule has 19 heavy (non-hydrogen) atoms. The quantitative estimate of drug-likeness (QED) is 0.799. The zero-order valence-corrected chi connectivity index (χ0v) is 12.0. The van der Waals surface area contributed by atoms with Gasteiger partial charge < -0.3 is 5.11 Å². The van der Waals surface area contributed by atoms with Gasteiger partial charge in [-0.1, -0.05) is 30.4 Å². The molecule has 1 aromatic carbocycles. The van der Waals surface area contributed by atoms with E-state index in [-0.39, 0.29) is 18.3 Å². The average Bonchev–Trinajstić information content (AvgIpc) is 2.60. The summed E-state index contributed by atoms with van der Waals surface area (Å²) in [6.07, 6.45) is 0. The minimum Gasteiger partial charge on any atom is -0.384 e. The molecular weight excluding hydrogens is 286 g/mol. The Kier molecular flexibility index (Phi) is 4.04. The predicted molar refractivity (Wildman–Crippen MR) is 75.7 cm³/mol. The second kappa shape index (κ2) is 5.41. The Morgan fingerprint density at radius 3 is 2.84 bits per heavy atom. The summed E-state index contributed by atoms with van der Waals surface area (Å²) in [7, 11) is -3.31. The van der Waals surface area contributed by atoms with Crippen LogP contribution in [0.25, 0.3) is 0 Å². The van der Waals surface area contributed by atoms with E-state index in [1.807, 2.05) is 6.92 Å². The smallest absolute Gasteiger partial charge is 0.235 e. The van der Waals surface area contributed by atoms with Crippen molar-refractivity contribution in [1.29, 1.82) is 0 Å². The van der Waals surface area contributed by atoms with E-state index in [0.29, 0.717) is 22.8 Å². The van der Waals surface area contributed by atoms with Crippen LogP contribution in [0.1, 0.15) is 12.5 Å². The van der Waals surface area contributed by atoms with E-state index in [4.69, 9.17) is 16.7 Å². The van der Waals surface area contributed by atoms with Crippen LogP contribution in [-0.2, 0) is 10.0 Å². The number of sulfonamides is 1. The Labute approximate surface area is 118 Å². The molecule has 0 spiro atoms. The standard InChI is InChI=1S/C13H14ClNO3S/c1-10-8-15(19(17,18)9-10)13-7-12(14)5-4-11(13)3-2-6-16/h4-5,7,10,16H,6,8-9H2,1H3. The summed E-state index contributed by atoms with van der Waals surface area (Å²) in [6, 6.07) is 4.91. The van der Waals surface area contributed by atoms with Crippen LogP contribution in [0.15, 0.2) is 18.2 Å². The molecule has 1 fully saturated rings. The molecule has 0 bridgehead atoms. The maximum absolute atomic E-state index is 12.1. The number of aliphatic hydroxyl groups is 1. The number of rotatable bonds is 1. The first-order chi connectivity index (χ1) is 8.94. The van der Waals surface area contributed by atoms with Gasteiger partial charge in [0.05, 0.1) is 11.4 Å². The van der Waals surface area contributed by atoms with Gasteiger partial charge >= 0.3 is 0 Å². The monoisotopic (exact) mass is 299 g/mol. The van der Waals surface area contributed by atoms with Crippen molar-refractivity contribution in [3.05, 3.63) is 28.8 Å². The SMILES string of the molecule is CC1CN(c2cc(Cl)ccc2C#CCO)S(=O)(=O)C1. The van der Waals surface area contributed by atoms with Crippen LogP contribution in [0.5, 0.6) is 0 Å². The molecule has 1 saturated heterocycles. The molecule has 102 valence electrons. The Morgan fingerprint density at radius 1 is 1.53 bits per heavy atom. The third-order valence-corrected chi connectivity index (χ3v) is 5.08. The van der Waals surface area contributed by atoms with Gasteiger partial charge in [0.15, 0.2) is 0 Å². The first kappa shape index (κ1) is 14.2. The van der Waals surface area contributed by atoms with Gasteiger partial charge in [0.1, 0.15) is 6.61 Å². The molecule has 1 N–H and O–H groups in total. The van der Waals surface area contributed by atoms with E-state index < -0.39 is 10.0 Å². The van der Waals surface area contributed by atoms with Crippen molar-refractivity contribution < 1.29 is 13.5 Å². The van der Waals surface area contributed by atoms with Gasteiger partial charge in [-0.05, 0) is 24.1 Å². The molecule has 1 aromatic rings. The molecule has 1 unspecified atom stereocenters. The second-order valence-corrected chi connectivity index (χ2v) is 6.91. The third-order valence-electron chi connectivity index (χ3n) is 2.84. The highest BCUT2D eigenvalue weighted by Crippen LogP contribution is 2.31. The van der Waals surface area contributed by atoms with Crippen LogP contribution in [0.4, 0.5) is 5.69 Å². The van der Waals surface area contributed by atoms with Crippen molar-refractivity contribution in [3.63, 3.8) is 0 Å². The zero-order valence-electron chi connectivity index (χ0n) is 10.4. The normalized spacial score (nSPS) is 21.0. The fourth-order valence-corrected chi connectivity index (χ4v) is 4.20. The highest BCUT2D eigenvalue weighted by atomic mass is 35.5. The maximum atomic E-state index is 12.1. The number of aliphatic hydroxyl groups excluding tert-OH is 1. The van der Waals surface area contributed by atoms with Gasteiger partial charge in [-0.25, -0.2) is 8.42 Å². The Morgan fingerprint density at radius 2 is 2.26 bits per heavy atom. The minimum absolute atomic E-state index is 0.0719. The van der Waals surface area contributed by atoms with Crippen molar-refractivity contribution in [1.82, 2.24) is 0 Å². The highest BCUT2D eigenvalue weighted by Gasteiger charge is 2.34. The molecule has 4 nitrogen and oxygen atoms in total. The molecular formula is C13H14ClNO3S. The van der Waals surface area contributed by atoms with Crippen LogP contribution in [0.2, 0.25) is 5.02 Å². The van der Waals surface area contributed by atoms with E-state index in [1.165, 1.54) is 4.31 Å². The van der Waals surface area contributed by atoms with Crippen LogP contribution in [0.3, 0.4) is 0 Å². The van der Waals surface area contributed by atoms with Crippen molar-refractivity contribution >= 4 is 27.3 Å². The average molecular weight is 300 g/mol. The molecule has 1 atom stereocenters. The predicted octanol–water partition coefficient (Wildman–Crippen LogP) is 1.47. The lowest BCUT2D eigenvalue weighted by Gasteiger charge is -2.19. The fourth-order valence-electron chi connectivity index (χ4n) is 2.10.